The van der Waals surface area contributed by atoms with Crippen molar-refractivity contribution >= 4 is 24.0 Å². The number of phenols is 1. The van der Waals surface area contributed by atoms with Crippen LogP contribution in [0.4, 0.5) is 0 Å². The number of aliphatic hydroxyl groups is 1. The zero-order valence-corrected chi connectivity index (χ0v) is 9.68. The van der Waals surface area contributed by atoms with Gasteiger partial charge in [-0.05, 0) is 12.1 Å². The third-order valence-corrected chi connectivity index (χ3v) is 2.22. The molecule has 0 amide bonds. The maximum Gasteiger partial charge on any atom is 0.142 e. The molecule has 86 valence electrons. The highest BCUT2D eigenvalue weighted by atomic mass is 35.5. The van der Waals surface area contributed by atoms with E-state index in [2.05, 4.69) is 0 Å². The summed E-state index contributed by atoms with van der Waals surface area (Å²) in [4.78, 5) is 0. The molecule has 0 spiro atoms. The van der Waals surface area contributed by atoms with E-state index in [-0.39, 0.29) is 29.8 Å². The monoisotopic (exact) mass is 253 g/mol. The predicted molar refractivity (Wildman–Crippen MR) is 60.9 cm³/mol. The molecule has 0 aliphatic carbocycles. The van der Waals surface area contributed by atoms with E-state index in [1.807, 2.05) is 0 Å². The fourth-order valence-corrected chi connectivity index (χ4v) is 1.36. The number of nitrogens with two attached hydrogens (primary N) is 1. The molecule has 0 aliphatic rings. The molecule has 15 heavy (non-hydrogen) atoms. The third-order valence-electron chi connectivity index (χ3n) is 1.92. The molecule has 0 aromatic heterocycles. The standard InChI is InChI=1S/C9H12ClNO3.ClH/c1-14-7-3-2-5(10)9(13)8(7)6(11)4-12;/h2-3,6,12-13H,4,11H2,1H3;1H/t6-;/m0./s1. The highest BCUT2D eigenvalue weighted by molar-refractivity contribution is 6.32. The van der Waals surface area contributed by atoms with E-state index >= 15 is 0 Å². The number of methoxy groups -OCH3 is 1. The number of phenolic OH excluding ortho intramolecular Hbond substituents is 1. The first-order valence-corrected chi connectivity index (χ1v) is 4.41. The van der Waals surface area contributed by atoms with E-state index in [9.17, 15) is 5.11 Å². The van der Waals surface area contributed by atoms with Crippen molar-refractivity contribution in [3.8, 4) is 11.5 Å². The Morgan fingerprint density at radius 2 is 2.13 bits per heavy atom. The Kier molecular flexibility index (Phi) is 5.75. The van der Waals surface area contributed by atoms with Gasteiger partial charge in [0.1, 0.15) is 11.5 Å². The summed E-state index contributed by atoms with van der Waals surface area (Å²) in [6.07, 6.45) is 0. The van der Waals surface area contributed by atoms with Crippen molar-refractivity contribution < 1.29 is 14.9 Å². The normalized spacial score (nSPS) is 11.7. The summed E-state index contributed by atoms with van der Waals surface area (Å²) < 4.78 is 4.99. The smallest absolute Gasteiger partial charge is 0.142 e. The lowest BCUT2D eigenvalue weighted by molar-refractivity contribution is 0.261. The summed E-state index contributed by atoms with van der Waals surface area (Å²) in [7, 11) is 1.45. The first-order chi connectivity index (χ1) is 6.61. The second-order valence-electron chi connectivity index (χ2n) is 2.80. The van der Waals surface area contributed by atoms with E-state index in [1.165, 1.54) is 13.2 Å². The van der Waals surface area contributed by atoms with Crippen LogP contribution in [0.5, 0.6) is 11.5 Å². The summed E-state index contributed by atoms with van der Waals surface area (Å²) in [6, 6.07) is 2.39. The van der Waals surface area contributed by atoms with E-state index in [4.69, 9.17) is 27.2 Å². The summed E-state index contributed by atoms with van der Waals surface area (Å²) in [6.45, 7) is -0.287. The van der Waals surface area contributed by atoms with E-state index in [0.29, 0.717) is 11.3 Å². The van der Waals surface area contributed by atoms with Crippen LogP contribution < -0.4 is 10.5 Å². The van der Waals surface area contributed by atoms with Crippen LogP contribution in [-0.2, 0) is 0 Å². The van der Waals surface area contributed by atoms with Crippen molar-refractivity contribution in [1.82, 2.24) is 0 Å². The molecule has 1 aromatic rings. The quantitative estimate of drug-likeness (QED) is 0.763. The van der Waals surface area contributed by atoms with Crippen LogP contribution in [0.25, 0.3) is 0 Å². The Bertz CT molecular complexity index is 333. The minimum Gasteiger partial charge on any atom is -0.506 e. The predicted octanol–water partition coefficient (Wildman–Crippen LogP) is 1.47. The summed E-state index contributed by atoms with van der Waals surface area (Å²) >= 11 is 5.70. The largest absolute Gasteiger partial charge is 0.506 e. The van der Waals surface area contributed by atoms with Crippen LogP contribution in [-0.4, -0.2) is 23.9 Å². The van der Waals surface area contributed by atoms with Gasteiger partial charge in [0, 0.05) is 0 Å². The summed E-state index contributed by atoms with van der Waals surface area (Å²) in [5.41, 5.74) is 5.91. The molecule has 0 aliphatic heterocycles. The number of aliphatic hydroxyl groups excluding tert-OH is 1. The van der Waals surface area contributed by atoms with Crippen molar-refractivity contribution in [3.05, 3.63) is 22.7 Å². The molecule has 0 saturated heterocycles. The van der Waals surface area contributed by atoms with Gasteiger partial charge in [-0.25, -0.2) is 0 Å². The Morgan fingerprint density at radius 3 is 2.60 bits per heavy atom. The van der Waals surface area contributed by atoms with Crippen LogP contribution in [0.15, 0.2) is 12.1 Å². The second kappa shape index (κ2) is 6.02. The molecule has 0 unspecified atom stereocenters. The fourth-order valence-electron chi connectivity index (χ4n) is 1.19. The number of rotatable bonds is 3. The Balaban J connectivity index is 0.00000196. The molecule has 1 aromatic carbocycles. The average Bonchev–Trinajstić information content (AvgIpc) is 2.20. The Hall–Kier alpha value is -0.680. The molecule has 0 radical (unpaired) electrons. The number of hydrogen-bond donors (Lipinski definition) is 3. The first kappa shape index (κ1) is 14.3. The maximum atomic E-state index is 9.61. The minimum atomic E-state index is -0.705. The molecule has 1 rings (SSSR count). The first-order valence-electron chi connectivity index (χ1n) is 4.03. The zero-order valence-electron chi connectivity index (χ0n) is 8.11. The average molecular weight is 254 g/mol. The molecule has 0 fully saturated rings. The van der Waals surface area contributed by atoms with Crippen LogP contribution in [0.1, 0.15) is 11.6 Å². The molecule has 1 atom stereocenters. The van der Waals surface area contributed by atoms with Gasteiger partial charge in [0.15, 0.2) is 0 Å². The van der Waals surface area contributed by atoms with Crippen LogP contribution in [0.2, 0.25) is 5.02 Å². The van der Waals surface area contributed by atoms with Gasteiger partial charge < -0.3 is 20.7 Å². The highest BCUT2D eigenvalue weighted by Crippen LogP contribution is 2.37. The van der Waals surface area contributed by atoms with E-state index < -0.39 is 6.04 Å². The highest BCUT2D eigenvalue weighted by Gasteiger charge is 2.18. The van der Waals surface area contributed by atoms with Crippen LogP contribution >= 0.6 is 24.0 Å². The molecule has 4 N–H and O–H groups in total. The molecular formula is C9H13Cl2NO3. The molecular weight excluding hydrogens is 241 g/mol. The molecule has 0 heterocycles. The lowest BCUT2D eigenvalue weighted by atomic mass is 10.1. The zero-order chi connectivity index (χ0) is 10.7. The van der Waals surface area contributed by atoms with Crippen molar-refractivity contribution in [1.29, 1.82) is 0 Å². The number of ether oxygens (including phenoxy) is 1. The summed E-state index contributed by atoms with van der Waals surface area (Å²) in [5, 5.41) is 18.7. The van der Waals surface area contributed by atoms with Crippen molar-refractivity contribution in [3.63, 3.8) is 0 Å². The molecule has 6 heteroatoms. The SMILES string of the molecule is COc1ccc(Cl)c(O)c1[C@@H](N)CO.Cl. The number of halogens is 2. The van der Waals surface area contributed by atoms with Gasteiger partial charge in [0.05, 0.1) is 30.3 Å². The minimum absolute atomic E-state index is 0. The van der Waals surface area contributed by atoms with Gasteiger partial charge in [-0.2, -0.15) is 0 Å². The maximum absolute atomic E-state index is 9.61. The molecule has 0 bridgehead atoms. The summed E-state index contributed by atoms with van der Waals surface area (Å²) in [5.74, 6) is 0.265. The number of hydrogen-bond acceptors (Lipinski definition) is 4. The van der Waals surface area contributed by atoms with Crippen molar-refractivity contribution in [2.24, 2.45) is 5.73 Å². The van der Waals surface area contributed by atoms with Gasteiger partial charge >= 0.3 is 0 Å². The lowest BCUT2D eigenvalue weighted by Gasteiger charge is -2.15. The van der Waals surface area contributed by atoms with Crippen molar-refractivity contribution in [2.75, 3.05) is 13.7 Å². The van der Waals surface area contributed by atoms with Gasteiger partial charge in [0.25, 0.3) is 0 Å². The van der Waals surface area contributed by atoms with Gasteiger partial charge in [-0.15, -0.1) is 12.4 Å². The number of benzene rings is 1. The molecule has 4 nitrogen and oxygen atoms in total. The van der Waals surface area contributed by atoms with Crippen LogP contribution in [0, 0.1) is 0 Å². The lowest BCUT2D eigenvalue weighted by Crippen LogP contribution is -2.15. The van der Waals surface area contributed by atoms with E-state index in [1.54, 1.807) is 6.07 Å². The fraction of sp³-hybridized carbons (Fsp3) is 0.333. The second-order valence-corrected chi connectivity index (χ2v) is 3.21. The van der Waals surface area contributed by atoms with Gasteiger partial charge in [-0.3, -0.25) is 0 Å². The topological polar surface area (TPSA) is 75.7 Å². The van der Waals surface area contributed by atoms with Crippen molar-refractivity contribution in [2.45, 2.75) is 6.04 Å². The van der Waals surface area contributed by atoms with Gasteiger partial charge in [0.2, 0.25) is 0 Å². The van der Waals surface area contributed by atoms with E-state index in [0.717, 1.165) is 0 Å². The molecule has 0 saturated carbocycles. The van der Waals surface area contributed by atoms with Gasteiger partial charge in [-0.1, -0.05) is 11.6 Å². The van der Waals surface area contributed by atoms with Crippen LogP contribution in [0.3, 0.4) is 0 Å². The Morgan fingerprint density at radius 1 is 1.53 bits per heavy atom. The third kappa shape index (κ3) is 2.89. The number of aromatic hydroxyl groups is 1. The Labute approximate surface area is 99.0 Å².